The molecule has 1 aromatic heterocycles. The van der Waals surface area contributed by atoms with Crippen molar-refractivity contribution in [3.05, 3.63) is 191 Å². The van der Waals surface area contributed by atoms with Gasteiger partial charge in [-0.15, -0.1) is 0 Å². The van der Waals surface area contributed by atoms with E-state index in [0.717, 1.165) is 76.8 Å². The van der Waals surface area contributed by atoms with E-state index >= 15 is 0 Å². The lowest BCUT2D eigenvalue weighted by Gasteiger charge is -2.49. The van der Waals surface area contributed by atoms with Gasteiger partial charge >= 0.3 is 0 Å². The Labute approximate surface area is 483 Å². The monoisotopic (exact) mass is 1060 g/mol. The number of rotatable bonds is 5. The third-order valence-electron chi connectivity index (χ3n) is 21.0. The molecule has 81 heavy (non-hydrogen) atoms. The van der Waals surface area contributed by atoms with Gasteiger partial charge < -0.3 is 19.1 Å². The number of anilines is 9. The van der Waals surface area contributed by atoms with Crippen LogP contribution in [0.1, 0.15) is 181 Å². The third-order valence-corrected chi connectivity index (χ3v) is 21.0. The Balaban J connectivity index is 1.15. The maximum absolute atomic E-state index is 6.82. The van der Waals surface area contributed by atoms with Crippen LogP contribution in [0.2, 0.25) is 0 Å². The molecule has 0 saturated heterocycles. The molecule has 0 fully saturated rings. The summed E-state index contributed by atoms with van der Waals surface area (Å²) in [6, 6.07) is 59.4. The highest BCUT2D eigenvalue weighted by Crippen LogP contribution is 2.56. The average molecular weight is 1060 g/mol. The van der Waals surface area contributed by atoms with Gasteiger partial charge in [-0.1, -0.05) is 171 Å². The molecule has 0 radical (unpaired) electrons. The summed E-state index contributed by atoms with van der Waals surface area (Å²) in [5, 5.41) is 2.28. The molecule has 0 N–H and O–H groups in total. The molecule has 3 aliphatic carbocycles. The third kappa shape index (κ3) is 7.97. The summed E-state index contributed by atoms with van der Waals surface area (Å²) in [5.41, 5.74) is 26.9. The maximum atomic E-state index is 6.82. The number of hydrogen-bond donors (Lipinski definition) is 0. The van der Waals surface area contributed by atoms with Crippen LogP contribution in [0.25, 0.3) is 21.9 Å². The number of nitrogens with zero attached hydrogens (tertiary/aromatic N) is 3. The Bertz CT molecular complexity index is 4030. The van der Waals surface area contributed by atoms with Gasteiger partial charge in [0.15, 0.2) is 0 Å². The summed E-state index contributed by atoms with van der Waals surface area (Å²) in [4.78, 5) is 7.89. The molecule has 0 atom stereocenters. The predicted octanol–water partition coefficient (Wildman–Crippen LogP) is 19.5. The summed E-state index contributed by atoms with van der Waals surface area (Å²) in [6.07, 6.45) is 6.91. The smallest absolute Gasteiger partial charge is 0.252 e. The highest BCUT2D eigenvalue weighted by Gasteiger charge is 2.49. The van der Waals surface area contributed by atoms with Crippen molar-refractivity contribution in [1.82, 2.24) is 0 Å². The summed E-state index contributed by atoms with van der Waals surface area (Å²) >= 11 is 0. The van der Waals surface area contributed by atoms with Crippen molar-refractivity contribution in [3.63, 3.8) is 0 Å². The van der Waals surface area contributed by atoms with Gasteiger partial charge in [0.05, 0.1) is 5.69 Å². The van der Waals surface area contributed by atoms with Gasteiger partial charge in [-0.25, -0.2) is 0 Å². The Hall–Kier alpha value is -6.98. The summed E-state index contributed by atoms with van der Waals surface area (Å²) in [7, 11) is 0. The second-order valence-electron chi connectivity index (χ2n) is 30.2. The minimum Gasteiger partial charge on any atom is -0.456 e. The minimum atomic E-state index is -0.0527. The van der Waals surface area contributed by atoms with E-state index < -0.39 is 0 Å². The molecule has 9 aromatic rings. The Kier molecular flexibility index (Phi) is 11.1. The second-order valence-corrected chi connectivity index (χ2v) is 30.2. The Morgan fingerprint density at radius 2 is 0.815 bits per heavy atom. The first-order chi connectivity index (χ1) is 38.2. The highest BCUT2D eigenvalue weighted by molar-refractivity contribution is 7.00. The number of hydrogen-bond acceptors (Lipinski definition) is 4. The van der Waals surface area contributed by atoms with Crippen LogP contribution in [0, 0.1) is 0 Å². The molecule has 0 amide bonds. The van der Waals surface area contributed by atoms with Crippen molar-refractivity contribution in [2.24, 2.45) is 0 Å². The van der Waals surface area contributed by atoms with Crippen molar-refractivity contribution >= 4 is 96.2 Å². The predicted molar refractivity (Wildman–Crippen MR) is 347 cm³/mol. The quantitative estimate of drug-likeness (QED) is 0.160. The molecule has 5 aliphatic rings. The molecular weight excluding hydrogens is 982 g/mol. The second kappa shape index (κ2) is 17.3. The maximum Gasteiger partial charge on any atom is 0.252 e. The summed E-state index contributed by atoms with van der Waals surface area (Å²) < 4.78 is 6.82. The van der Waals surface area contributed by atoms with Gasteiger partial charge in [0.25, 0.3) is 6.71 Å². The molecular formula is C76H82BN3O. The number of benzene rings is 8. The SMILES string of the molecule is CC(C)(C)c1ccc2c(c1)oc1ccc(N3c4cc5c(cc4B4c6cc7c(cc6N(c6ccc8c(c6)C(C)(C)CCC8(C)C)c6cc(N(c8ccccc8)c8ccccc8)cc3c64)C(C)(C)CCC7(C)C)C(C)(C)CCC5(C)C)cc12. The fraction of sp³-hybridized carbons (Fsp3) is 0.368. The summed E-state index contributed by atoms with van der Waals surface area (Å²) in [5.74, 6) is 0. The average Bonchev–Trinajstić information content (AvgIpc) is 2.38. The normalized spacial score (nSPS) is 19.3. The fourth-order valence-electron chi connectivity index (χ4n) is 15.5. The number of fused-ring (bicyclic) bond motifs is 10. The van der Waals surface area contributed by atoms with E-state index in [4.69, 9.17) is 4.42 Å². The summed E-state index contributed by atoms with van der Waals surface area (Å²) in [6.45, 7) is 36.7. The van der Waals surface area contributed by atoms with Crippen LogP contribution >= 0.6 is 0 Å². The zero-order valence-corrected chi connectivity index (χ0v) is 51.0. The van der Waals surface area contributed by atoms with Crippen molar-refractivity contribution in [2.45, 2.75) is 180 Å². The van der Waals surface area contributed by atoms with Crippen molar-refractivity contribution < 1.29 is 4.42 Å². The largest absolute Gasteiger partial charge is 0.456 e. The van der Waals surface area contributed by atoms with Crippen LogP contribution in [-0.4, -0.2) is 6.71 Å². The lowest BCUT2D eigenvalue weighted by atomic mass is 9.32. The number of para-hydroxylation sites is 2. The molecule has 4 nitrogen and oxygen atoms in total. The molecule has 2 aliphatic heterocycles. The van der Waals surface area contributed by atoms with Gasteiger partial charge in [-0.2, -0.15) is 0 Å². The van der Waals surface area contributed by atoms with Crippen molar-refractivity contribution in [3.8, 4) is 0 Å². The first-order valence-corrected chi connectivity index (χ1v) is 30.4. The van der Waals surface area contributed by atoms with E-state index in [0.29, 0.717) is 0 Å². The molecule has 0 unspecified atom stereocenters. The van der Waals surface area contributed by atoms with Crippen LogP contribution in [0.15, 0.2) is 156 Å². The topological polar surface area (TPSA) is 22.9 Å². The van der Waals surface area contributed by atoms with Crippen molar-refractivity contribution in [1.29, 1.82) is 0 Å². The molecule has 8 aromatic carbocycles. The van der Waals surface area contributed by atoms with Crippen molar-refractivity contribution in [2.75, 3.05) is 14.7 Å². The van der Waals surface area contributed by atoms with E-state index in [1.807, 2.05) is 0 Å². The lowest BCUT2D eigenvalue weighted by molar-refractivity contribution is 0.332. The molecule has 0 spiro atoms. The van der Waals surface area contributed by atoms with E-state index in [-0.39, 0.29) is 44.6 Å². The minimum absolute atomic E-state index is 0.000809. The fourth-order valence-corrected chi connectivity index (χ4v) is 15.5. The molecule has 410 valence electrons. The van der Waals surface area contributed by atoms with E-state index in [1.54, 1.807) is 0 Å². The Morgan fingerprint density at radius 3 is 1.30 bits per heavy atom. The molecule has 0 bridgehead atoms. The lowest BCUT2D eigenvalue weighted by Crippen LogP contribution is -2.62. The van der Waals surface area contributed by atoms with Crippen LogP contribution < -0.4 is 31.1 Å². The van der Waals surface area contributed by atoms with E-state index in [2.05, 4.69) is 270 Å². The first-order valence-electron chi connectivity index (χ1n) is 30.4. The van der Waals surface area contributed by atoms with Crippen LogP contribution in [0.4, 0.5) is 51.2 Å². The van der Waals surface area contributed by atoms with Gasteiger partial charge in [-0.05, 0) is 217 Å². The van der Waals surface area contributed by atoms with Gasteiger partial charge in [0.2, 0.25) is 0 Å². The highest BCUT2D eigenvalue weighted by atomic mass is 16.3. The van der Waals surface area contributed by atoms with Gasteiger partial charge in [0, 0.05) is 56.3 Å². The zero-order chi connectivity index (χ0) is 56.7. The van der Waals surface area contributed by atoms with E-state index in [9.17, 15) is 0 Å². The van der Waals surface area contributed by atoms with Crippen LogP contribution in [0.3, 0.4) is 0 Å². The molecule has 0 saturated carbocycles. The Morgan fingerprint density at radius 1 is 0.383 bits per heavy atom. The van der Waals surface area contributed by atoms with E-state index in [1.165, 1.54) is 90.2 Å². The molecule has 14 rings (SSSR count). The first kappa shape index (κ1) is 52.1. The number of furan rings is 1. The molecule has 5 heteroatoms. The van der Waals surface area contributed by atoms with Crippen LogP contribution in [0.5, 0.6) is 0 Å². The molecule has 3 heterocycles. The zero-order valence-electron chi connectivity index (χ0n) is 51.0. The van der Waals surface area contributed by atoms with Gasteiger partial charge in [-0.3, -0.25) is 0 Å². The van der Waals surface area contributed by atoms with Crippen LogP contribution in [-0.2, 0) is 37.9 Å². The standard InChI is InChI=1S/C76H82BN3O/c1-70(2,3)47-26-29-53-54-39-50(28-31-67(54)81-68(53)38-47)79-63-45-59-57(73(8,9)34-36-75(59,12)13)43-61(63)77-62-44-58-60(76(14,15)37-35-74(58,10)11)46-64(62)80(51-27-30-55-56(40-51)72(6,7)33-32-71(55,4)5)66-42-52(41-65(79)69(66)77)78(48-22-18-16-19-23-48)49-24-20-17-21-25-49/h16-31,38-46H,32-37H2,1-15H3. The van der Waals surface area contributed by atoms with Gasteiger partial charge in [0.1, 0.15) is 11.2 Å².